The normalized spacial score (nSPS) is 22.1. The van der Waals surface area contributed by atoms with Crippen molar-refractivity contribution in [3.05, 3.63) is 28.2 Å². The fraction of sp³-hybridized carbons (Fsp3) is 0.625. The highest BCUT2D eigenvalue weighted by atomic mass is 79.9. The maximum atomic E-state index is 9.50. The first-order valence-corrected chi connectivity index (χ1v) is 8.16. The van der Waals surface area contributed by atoms with E-state index in [1.807, 2.05) is 12.1 Å². The number of anilines is 1. The molecule has 0 bridgehead atoms. The van der Waals surface area contributed by atoms with Gasteiger partial charge in [0.05, 0.1) is 6.61 Å². The zero-order valence-electron chi connectivity index (χ0n) is 11.4. The molecule has 1 aromatic carbocycles. The van der Waals surface area contributed by atoms with Crippen LogP contribution in [-0.2, 0) is 6.61 Å². The number of hydrogen-bond donors (Lipinski definition) is 1. The van der Waals surface area contributed by atoms with Crippen molar-refractivity contribution in [1.29, 1.82) is 0 Å². The molecule has 0 unspecified atom stereocenters. The second-order valence-corrected chi connectivity index (χ2v) is 7.04. The van der Waals surface area contributed by atoms with Crippen LogP contribution in [0.25, 0.3) is 0 Å². The number of piperidine rings is 1. The summed E-state index contributed by atoms with van der Waals surface area (Å²) in [7, 11) is 0. The van der Waals surface area contributed by atoms with E-state index in [2.05, 4.69) is 26.9 Å². The van der Waals surface area contributed by atoms with Gasteiger partial charge in [-0.3, -0.25) is 0 Å². The summed E-state index contributed by atoms with van der Waals surface area (Å²) in [5.74, 6) is 0. The number of nitrogens with zero attached hydrogens (tertiary/aromatic N) is 1. The quantitative estimate of drug-likeness (QED) is 0.885. The second-order valence-electron chi connectivity index (χ2n) is 6.13. The Morgan fingerprint density at radius 3 is 2.42 bits per heavy atom. The summed E-state index contributed by atoms with van der Waals surface area (Å²) in [6.07, 6.45) is 8.38. The van der Waals surface area contributed by atoms with Gasteiger partial charge in [0, 0.05) is 28.8 Å². The Bertz CT molecular complexity index is 444. The maximum absolute atomic E-state index is 9.50. The molecule has 2 nitrogen and oxygen atoms in total. The van der Waals surface area contributed by atoms with Gasteiger partial charge in [-0.25, -0.2) is 0 Å². The first kappa shape index (κ1) is 13.4. The van der Waals surface area contributed by atoms with E-state index in [4.69, 9.17) is 0 Å². The Morgan fingerprint density at radius 1 is 1.11 bits per heavy atom. The molecule has 1 N–H and O–H groups in total. The minimum absolute atomic E-state index is 0.129. The molecule has 3 rings (SSSR count). The van der Waals surface area contributed by atoms with Crippen molar-refractivity contribution >= 4 is 21.6 Å². The number of benzene rings is 1. The van der Waals surface area contributed by atoms with Crippen molar-refractivity contribution in [3.63, 3.8) is 0 Å². The SMILES string of the molecule is OCc1ccc(Br)cc1N1CCC2(CCCC2)CC1. The molecule has 2 fully saturated rings. The van der Waals surface area contributed by atoms with Gasteiger partial charge in [-0.2, -0.15) is 0 Å². The Hall–Kier alpha value is -0.540. The summed E-state index contributed by atoms with van der Waals surface area (Å²) in [5, 5.41) is 9.50. The van der Waals surface area contributed by atoms with Crippen LogP contribution >= 0.6 is 15.9 Å². The first-order chi connectivity index (χ1) is 9.22. The van der Waals surface area contributed by atoms with E-state index in [1.54, 1.807) is 0 Å². The van der Waals surface area contributed by atoms with Crippen LogP contribution in [0.5, 0.6) is 0 Å². The fourth-order valence-electron chi connectivity index (χ4n) is 3.81. The number of halogens is 1. The summed E-state index contributed by atoms with van der Waals surface area (Å²) < 4.78 is 1.10. The fourth-order valence-corrected chi connectivity index (χ4v) is 4.16. The Morgan fingerprint density at radius 2 is 1.79 bits per heavy atom. The minimum atomic E-state index is 0.129. The molecule has 19 heavy (non-hydrogen) atoms. The highest BCUT2D eigenvalue weighted by Gasteiger charge is 2.37. The molecule has 1 aliphatic carbocycles. The van der Waals surface area contributed by atoms with Crippen molar-refractivity contribution in [2.75, 3.05) is 18.0 Å². The lowest BCUT2D eigenvalue weighted by atomic mass is 9.77. The van der Waals surface area contributed by atoms with E-state index in [0.717, 1.165) is 23.1 Å². The summed E-state index contributed by atoms with van der Waals surface area (Å²) in [5.41, 5.74) is 2.91. The third-order valence-corrected chi connectivity index (χ3v) is 5.54. The van der Waals surface area contributed by atoms with Crippen LogP contribution in [0.2, 0.25) is 0 Å². The largest absolute Gasteiger partial charge is 0.392 e. The van der Waals surface area contributed by atoms with E-state index in [-0.39, 0.29) is 6.61 Å². The lowest BCUT2D eigenvalue weighted by Crippen LogP contribution is -2.39. The lowest BCUT2D eigenvalue weighted by Gasteiger charge is -2.41. The topological polar surface area (TPSA) is 23.5 Å². The van der Waals surface area contributed by atoms with Crippen molar-refractivity contribution in [2.45, 2.75) is 45.1 Å². The number of aliphatic hydroxyl groups excluding tert-OH is 1. The van der Waals surface area contributed by atoms with Crippen LogP contribution in [0.15, 0.2) is 22.7 Å². The predicted molar refractivity (Wildman–Crippen MR) is 82.4 cm³/mol. The van der Waals surface area contributed by atoms with Crippen LogP contribution in [0.4, 0.5) is 5.69 Å². The highest BCUT2D eigenvalue weighted by molar-refractivity contribution is 9.10. The molecule has 1 aliphatic heterocycles. The maximum Gasteiger partial charge on any atom is 0.0702 e. The number of aliphatic hydroxyl groups is 1. The minimum Gasteiger partial charge on any atom is -0.392 e. The molecule has 1 spiro atoms. The average Bonchev–Trinajstić information content (AvgIpc) is 2.88. The third kappa shape index (κ3) is 2.68. The van der Waals surface area contributed by atoms with Crippen LogP contribution in [0.1, 0.15) is 44.1 Å². The molecule has 0 amide bonds. The molecule has 3 heteroatoms. The Labute approximate surface area is 123 Å². The molecule has 0 atom stereocenters. The zero-order valence-corrected chi connectivity index (χ0v) is 13.0. The van der Waals surface area contributed by atoms with Crippen LogP contribution in [-0.4, -0.2) is 18.2 Å². The van der Waals surface area contributed by atoms with Crippen molar-refractivity contribution in [1.82, 2.24) is 0 Å². The van der Waals surface area contributed by atoms with Crippen LogP contribution in [0.3, 0.4) is 0 Å². The van der Waals surface area contributed by atoms with Crippen LogP contribution in [0, 0.1) is 5.41 Å². The van der Waals surface area contributed by atoms with E-state index >= 15 is 0 Å². The van der Waals surface area contributed by atoms with E-state index in [1.165, 1.54) is 44.2 Å². The van der Waals surface area contributed by atoms with E-state index < -0.39 is 0 Å². The molecular formula is C16H22BrNO. The molecular weight excluding hydrogens is 302 g/mol. The zero-order chi connectivity index (χ0) is 13.3. The molecule has 1 saturated heterocycles. The van der Waals surface area contributed by atoms with Crippen molar-refractivity contribution < 1.29 is 5.11 Å². The third-order valence-electron chi connectivity index (χ3n) is 5.05. The second kappa shape index (κ2) is 5.45. The average molecular weight is 324 g/mol. The molecule has 1 aromatic rings. The van der Waals surface area contributed by atoms with Gasteiger partial charge in [0.25, 0.3) is 0 Å². The number of hydrogen-bond acceptors (Lipinski definition) is 2. The summed E-state index contributed by atoms with van der Waals surface area (Å²) >= 11 is 3.54. The lowest BCUT2D eigenvalue weighted by molar-refractivity contribution is 0.225. The monoisotopic (exact) mass is 323 g/mol. The van der Waals surface area contributed by atoms with Gasteiger partial charge in [-0.05, 0) is 43.2 Å². The highest BCUT2D eigenvalue weighted by Crippen LogP contribution is 2.47. The van der Waals surface area contributed by atoms with Crippen molar-refractivity contribution in [2.24, 2.45) is 5.41 Å². The molecule has 1 saturated carbocycles. The van der Waals surface area contributed by atoms with Crippen LogP contribution < -0.4 is 4.90 Å². The van der Waals surface area contributed by atoms with E-state index in [9.17, 15) is 5.11 Å². The van der Waals surface area contributed by atoms with Gasteiger partial charge >= 0.3 is 0 Å². The Balaban J connectivity index is 1.76. The number of rotatable bonds is 2. The van der Waals surface area contributed by atoms with Gasteiger partial charge < -0.3 is 10.0 Å². The predicted octanol–water partition coefficient (Wildman–Crippen LogP) is 4.10. The van der Waals surface area contributed by atoms with Gasteiger partial charge in [-0.1, -0.05) is 34.8 Å². The standard InChI is InChI=1S/C16H22BrNO/c17-14-4-3-13(12-19)15(11-14)18-9-7-16(8-10-18)5-1-2-6-16/h3-4,11,19H,1-2,5-10,12H2. The molecule has 2 aliphatic rings. The van der Waals surface area contributed by atoms with Gasteiger partial charge in [0.2, 0.25) is 0 Å². The summed E-state index contributed by atoms with van der Waals surface area (Å²) in [6.45, 7) is 2.41. The van der Waals surface area contributed by atoms with E-state index in [0.29, 0.717) is 5.41 Å². The van der Waals surface area contributed by atoms with Gasteiger partial charge in [0.15, 0.2) is 0 Å². The molecule has 104 valence electrons. The van der Waals surface area contributed by atoms with Crippen molar-refractivity contribution in [3.8, 4) is 0 Å². The Kier molecular flexibility index (Phi) is 3.86. The molecule has 0 radical (unpaired) electrons. The van der Waals surface area contributed by atoms with Gasteiger partial charge in [0.1, 0.15) is 0 Å². The summed E-state index contributed by atoms with van der Waals surface area (Å²) in [6, 6.07) is 6.19. The smallest absolute Gasteiger partial charge is 0.0702 e. The first-order valence-electron chi connectivity index (χ1n) is 7.37. The molecule has 1 heterocycles. The summed E-state index contributed by atoms with van der Waals surface area (Å²) in [4.78, 5) is 2.46. The van der Waals surface area contributed by atoms with Gasteiger partial charge in [-0.15, -0.1) is 0 Å². The molecule has 0 aromatic heterocycles.